The predicted octanol–water partition coefficient (Wildman–Crippen LogP) is 2.09. The summed E-state index contributed by atoms with van der Waals surface area (Å²) in [5, 5.41) is 11.4. The van der Waals surface area contributed by atoms with Crippen LogP contribution in [0.5, 0.6) is 0 Å². The van der Waals surface area contributed by atoms with Crippen LogP contribution in [-0.2, 0) is 11.3 Å². The fourth-order valence-electron chi connectivity index (χ4n) is 2.12. The Morgan fingerprint density at radius 1 is 1.20 bits per heavy atom. The molecule has 0 atom stereocenters. The van der Waals surface area contributed by atoms with E-state index in [0.717, 1.165) is 43.1 Å². The molecule has 2 N–H and O–H groups in total. The first-order valence-corrected chi connectivity index (χ1v) is 6.68. The van der Waals surface area contributed by atoms with E-state index in [1.54, 1.807) is 0 Å². The number of amides is 2. The third kappa shape index (κ3) is 4.12. The molecule has 5 heteroatoms. The normalized spacial score (nSPS) is 14.7. The second-order valence-electron chi connectivity index (χ2n) is 4.77. The van der Waals surface area contributed by atoms with Crippen LogP contribution in [0.1, 0.15) is 24.0 Å². The number of carboxylic acids is 1. The number of hydrogen-bond donors (Lipinski definition) is 2. The van der Waals surface area contributed by atoms with Crippen molar-refractivity contribution in [2.45, 2.75) is 19.4 Å². The van der Waals surface area contributed by atoms with Crippen molar-refractivity contribution in [2.75, 3.05) is 13.1 Å². The largest absolute Gasteiger partial charge is 0.478 e. The maximum Gasteiger partial charge on any atom is 0.328 e. The second-order valence-corrected chi connectivity index (χ2v) is 4.77. The molecule has 2 amide bonds. The summed E-state index contributed by atoms with van der Waals surface area (Å²) in [6.07, 6.45) is 4.80. The highest BCUT2D eigenvalue weighted by molar-refractivity contribution is 5.85. The van der Waals surface area contributed by atoms with Crippen molar-refractivity contribution in [3.8, 4) is 0 Å². The molecule has 2 rings (SSSR count). The van der Waals surface area contributed by atoms with Crippen LogP contribution in [-0.4, -0.2) is 35.1 Å². The number of rotatable bonds is 4. The molecule has 1 heterocycles. The maximum atomic E-state index is 11.8. The zero-order valence-corrected chi connectivity index (χ0v) is 11.2. The minimum Gasteiger partial charge on any atom is -0.478 e. The lowest BCUT2D eigenvalue weighted by molar-refractivity contribution is -0.131. The summed E-state index contributed by atoms with van der Waals surface area (Å²) in [5.74, 6) is -0.966. The monoisotopic (exact) mass is 274 g/mol. The molecule has 0 aliphatic carbocycles. The van der Waals surface area contributed by atoms with E-state index in [9.17, 15) is 9.59 Å². The number of hydrogen-bond acceptors (Lipinski definition) is 2. The molecule has 5 nitrogen and oxygen atoms in total. The van der Waals surface area contributed by atoms with Gasteiger partial charge in [-0.2, -0.15) is 0 Å². The van der Waals surface area contributed by atoms with Crippen LogP contribution in [0.4, 0.5) is 4.79 Å². The summed E-state index contributed by atoms with van der Waals surface area (Å²) in [4.78, 5) is 24.0. The van der Waals surface area contributed by atoms with Crippen molar-refractivity contribution >= 4 is 18.1 Å². The summed E-state index contributed by atoms with van der Waals surface area (Å²) < 4.78 is 0. The lowest BCUT2D eigenvalue weighted by Crippen LogP contribution is -2.37. The molecule has 1 aromatic carbocycles. The standard InChI is InChI=1S/C15H18N2O3/c18-14(19)8-7-12-3-5-13(6-4-12)11-16-15(20)17-9-1-2-10-17/h3-8H,1-2,9-11H2,(H,16,20)(H,18,19). The van der Waals surface area contributed by atoms with Crippen LogP contribution in [0.25, 0.3) is 6.08 Å². The maximum absolute atomic E-state index is 11.8. The van der Waals surface area contributed by atoms with Gasteiger partial charge >= 0.3 is 12.0 Å². The predicted molar refractivity (Wildman–Crippen MR) is 76.2 cm³/mol. The minimum absolute atomic E-state index is 0.0163. The Morgan fingerprint density at radius 2 is 1.85 bits per heavy atom. The van der Waals surface area contributed by atoms with Gasteiger partial charge in [-0.25, -0.2) is 9.59 Å². The Balaban J connectivity index is 1.84. The Morgan fingerprint density at radius 3 is 2.45 bits per heavy atom. The number of urea groups is 1. The summed E-state index contributed by atoms with van der Waals surface area (Å²) in [7, 11) is 0. The van der Waals surface area contributed by atoms with Gasteiger partial charge in [0, 0.05) is 25.7 Å². The van der Waals surface area contributed by atoms with E-state index in [4.69, 9.17) is 5.11 Å². The highest BCUT2D eigenvalue weighted by Crippen LogP contribution is 2.09. The number of carbonyl (C=O) groups is 2. The average Bonchev–Trinajstić information content (AvgIpc) is 2.98. The van der Waals surface area contributed by atoms with Gasteiger partial charge in [-0.1, -0.05) is 24.3 Å². The van der Waals surface area contributed by atoms with E-state index in [1.165, 1.54) is 6.08 Å². The quantitative estimate of drug-likeness (QED) is 0.826. The summed E-state index contributed by atoms with van der Waals surface area (Å²) in [6, 6.07) is 7.41. The molecule has 0 bridgehead atoms. The van der Waals surface area contributed by atoms with Gasteiger partial charge in [0.2, 0.25) is 0 Å². The van der Waals surface area contributed by atoms with Gasteiger partial charge in [-0.05, 0) is 30.0 Å². The molecular weight excluding hydrogens is 256 g/mol. The lowest BCUT2D eigenvalue weighted by Gasteiger charge is -2.16. The number of nitrogens with one attached hydrogen (secondary N) is 1. The van der Waals surface area contributed by atoms with Gasteiger partial charge in [-0.3, -0.25) is 0 Å². The van der Waals surface area contributed by atoms with Crippen molar-refractivity contribution < 1.29 is 14.7 Å². The number of carbonyl (C=O) groups excluding carboxylic acids is 1. The van der Waals surface area contributed by atoms with Crippen LogP contribution in [0, 0.1) is 0 Å². The zero-order chi connectivity index (χ0) is 14.4. The summed E-state index contributed by atoms with van der Waals surface area (Å²) in [6.45, 7) is 2.16. The molecule has 1 saturated heterocycles. The SMILES string of the molecule is O=C(O)C=Cc1ccc(CNC(=O)N2CCCC2)cc1. The summed E-state index contributed by atoms with van der Waals surface area (Å²) >= 11 is 0. The van der Waals surface area contributed by atoms with E-state index in [1.807, 2.05) is 29.2 Å². The molecule has 0 unspecified atom stereocenters. The number of carboxylic acid groups (broad SMARTS) is 1. The van der Waals surface area contributed by atoms with Gasteiger partial charge in [0.1, 0.15) is 0 Å². The zero-order valence-electron chi connectivity index (χ0n) is 11.2. The third-order valence-electron chi connectivity index (χ3n) is 3.24. The topological polar surface area (TPSA) is 69.6 Å². The van der Waals surface area contributed by atoms with Crippen LogP contribution in [0.2, 0.25) is 0 Å². The lowest BCUT2D eigenvalue weighted by atomic mass is 10.1. The molecule has 0 aromatic heterocycles. The smallest absolute Gasteiger partial charge is 0.328 e. The minimum atomic E-state index is -0.966. The number of likely N-dealkylation sites (tertiary alicyclic amines) is 1. The molecular formula is C15H18N2O3. The second kappa shape index (κ2) is 6.75. The van der Waals surface area contributed by atoms with Crippen molar-refractivity contribution in [1.82, 2.24) is 10.2 Å². The number of nitrogens with zero attached hydrogens (tertiary/aromatic N) is 1. The Kier molecular flexibility index (Phi) is 4.76. The fourth-order valence-corrected chi connectivity index (χ4v) is 2.12. The highest BCUT2D eigenvalue weighted by Gasteiger charge is 2.16. The molecule has 20 heavy (non-hydrogen) atoms. The Bertz CT molecular complexity index is 502. The van der Waals surface area contributed by atoms with Crippen molar-refractivity contribution in [1.29, 1.82) is 0 Å². The first-order valence-electron chi connectivity index (χ1n) is 6.68. The van der Waals surface area contributed by atoms with Crippen LogP contribution in [0.15, 0.2) is 30.3 Å². The third-order valence-corrected chi connectivity index (χ3v) is 3.24. The van der Waals surface area contributed by atoms with Gasteiger partial charge in [-0.15, -0.1) is 0 Å². The Labute approximate surface area is 117 Å². The van der Waals surface area contributed by atoms with E-state index in [-0.39, 0.29) is 6.03 Å². The van der Waals surface area contributed by atoms with Crippen LogP contribution >= 0.6 is 0 Å². The highest BCUT2D eigenvalue weighted by atomic mass is 16.4. The van der Waals surface area contributed by atoms with Crippen LogP contribution < -0.4 is 5.32 Å². The van der Waals surface area contributed by atoms with Crippen molar-refractivity contribution in [3.05, 3.63) is 41.5 Å². The average molecular weight is 274 g/mol. The van der Waals surface area contributed by atoms with Gasteiger partial charge < -0.3 is 15.3 Å². The molecule has 1 aliphatic heterocycles. The van der Waals surface area contributed by atoms with Gasteiger partial charge in [0.15, 0.2) is 0 Å². The molecule has 0 spiro atoms. The molecule has 0 radical (unpaired) electrons. The number of benzene rings is 1. The van der Waals surface area contributed by atoms with E-state index >= 15 is 0 Å². The Hall–Kier alpha value is -2.30. The first-order chi connectivity index (χ1) is 9.65. The van der Waals surface area contributed by atoms with Gasteiger partial charge in [0.25, 0.3) is 0 Å². The molecule has 1 aromatic rings. The van der Waals surface area contributed by atoms with Crippen molar-refractivity contribution in [2.24, 2.45) is 0 Å². The van der Waals surface area contributed by atoms with Gasteiger partial charge in [0.05, 0.1) is 0 Å². The van der Waals surface area contributed by atoms with Crippen LogP contribution in [0.3, 0.4) is 0 Å². The summed E-state index contributed by atoms with van der Waals surface area (Å²) in [5.41, 5.74) is 1.81. The van der Waals surface area contributed by atoms with E-state index < -0.39 is 5.97 Å². The van der Waals surface area contributed by atoms with Crippen molar-refractivity contribution in [3.63, 3.8) is 0 Å². The van der Waals surface area contributed by atoms with E-state index in [0.29, 0.717) is 6.54 Å². The first kappa shape index (κ1) is 14.1. The molecule has 1 aliphatic rings. The molecule has 106 valence electrons. The molecule has 1 fully saturated rings. The number of aliphatic carboxylic acids is 1. The fraction of sp³-hybridized carbons (Fsp3) is 0.333. The van der Waals surface area contributed by atoms with E-state index in [2.05, 4.69) is 5.32 Å². The molecule has 0 saturated carbocycles.